The number of aromatic nitrogens is 2. The van der Waals surface area contributed by atoms with Crippen molar-refractivity contribution < 1.29 is 38.4 Å². The number of fused-ring (bicyclic) bond motifs is 6. The van der Waals surface area contributed by atoms with E-state index in [1.807, 2.05) is 30.3 Å². The third-order valence-electron chi connectivity index (χ3n) is 7.17. The van der Waals surface area contributed by atoms with Gasteiger partial charge in [0.1, 0.15) is 5.69 Å². The molecule has 6 aromatic rings. The van der Waals surface area contributed by atoms with Crippen molar-refractivity contribution in [2.45, 2.75) is 9.79 Å². The molecule has 0 amide bonds. The minimum Gasteiger partial charge on any atom is -0.477 e. The van der Waals surface area contributed by atoms with Gasteiger partial charge < -0.3 is 5.11 Å². The van der Waals surface area contributed by atoms with Gasteiger partial charge in [0, 0.05) is 31.7 Å². The zero-order chi connectivity index (χ0) is 27.4. The molecule has 0 bridgehead atoms. The van der Waals surface area contributed by atoms with Crippen molar-refractivity contribution in [1.29, 1.82) is 0 Å². The molecule has 41 heavy (non-hydrogen) atoms. The normalized spacial score (nSPS) is 12.8. The predicted octanol–water partition coefficient (Wildman–Crippen LogP) is 6.94. The van der Waals surface area contributed by atoms with Gasteiger partial charge in [-0.05, 0) is 62.7 Å². The molecule has 0 saturated carbocycles. The van der Waals surface area contributed by atoms with Gasteiger partial charge in [0.05, 0.1) is 10.4 Å². The number of nitrogens with zero attached hydrogens (tertiary/aromatic N) is 2. The Balaban J connectivity index is 0.000000262. The number of rotatable bonds is 2. The summed E-state index contributed by atoms with van der Waals surface area (Å²) in [5.74, 6) is -0.990. The second-order valence-corrected chi connectivity index (χ2v) is 11.3. The van der Waals surface area contributed by atoms with E-state index in [1.54, 1.807) is 30.3 Å². The van der Waals surface area contributed by atoms with Gasteiger partial charge in [-0.25, -0.2) is 18.2 Å². The summed E-state index contributed by atoms with van der Waals surface area (Å²) in [4.78, 5) is 19.3. The molecule has 1 aliphatic carbocycles. The van der Waals surface area contributed by atoms with E-state index in [2.05, 4.69) is 47.4 Å². The van der Waals surface area contributed by atoms with E-state index in [4.69, 9.17) is 10.1 Å². The molecule has 6 nitrogen and oxygen atoms in total. The Morgan fingerprint density at radius 2 is 1.39 bits per heavy atom. The van der Waals surface area contributed by atoms with Crippen LogP contribution in [0.25, 0.3) is 55.5 Å². The maximum Gasteiger partial charge on any atom is 0.354 e. The van der Waals surface area contributed by atoms with E-state index in [1.165, 1.54) is 34.3 Å². The molecule has 8 rings (SSSR count). The van der Waals surface area contributed by atoms with E-state index in [9.17, 15) is 13.2 Å². The van der Waals surface area contributed by atoms with Gasteiger partial charge in [0.2, 0.25) is 0 Å². The first kappa shape index (κ1) is 26.7. The SMILES string of the molecule is O=C(O)c1ccccn1.O=S1(=O)c2c[c-]c(-c3cc4c5c(cccc5n3)-c3ccccc3-4)cc2-c2ccccc21.[Ir]. The summed E-state index contributed by atoms with van der Waals surface area (Å²) in [6, 6.07) is 35.3. The first-order valence-electron chi connectivity index (χ1n) is 12.5. The zero-order valence-electron chi connectivity index (χ0n) is 21.2. The molecule has 0 atom stereocenters. The molecule has 8 heteroatoms. The van der Waals surface area contributed by atoms with E-state index in [-0.39, 0.29) is 25.8 Å². The summed E-state index contributed by atoms with van der Waals surface area (Å²) in [6.07, 6.45) is 1.45. The summed E-state index contributed by atoms with van der Waals surface area (Å²) in [5, 5.41) is 9.49. The van der Waals surface area contributed by atoms with Crippen molar-refractivity contribution in [3.8, 4) is 44.6 Å². The average Bonchev–Trinajstić information content (AvgIpc) is 3.44. The molecule has 201 valence electrons. The molecule has 2 aromatic heterocycles. The monoisotopic (exact) mass is 732 g/mol. The minimum absolute atomic E-state index is 0. The molecule has 0 unspecified atom stereocenters. The summed E-state index contributed by atoms with van der Waals surface area (Å²) < 4.78 is 25.8. The number of carboxylic acid groups (broad SMARTS) is 1. The zero-order valence-corrected chi connectivity index (χ0v) is 24.4. The van der Waals surface area contributed by atoms with Crippen molar-refractivity contribution in [1.82, 2.24) is 9.97 Å². The molecule has 0 fully saturated rings. The summed E-state index contributed by atoms with van der Waals surface area (Å²) in [5.41, 5.74) is 8.85. The third-order valence-corrected chi connectivity index (χ3v) is 9.02. The average molecular weight is 732 g/mol. The maximum atomic E-state index is 12.9. The van der Waals surface area contributed by atoms with Gasteiger partial charge in [0.25, 0.3) is 0 Å². The molecule has 3 heterocycles. The van der Waals surface area contributed by atoms with E-state index in [0.29, 0.717) is 9.79 Å². The number of hydrogen-bond acceptors (Lipinski definition) is 5. The topological polar surface area (TPSA) is 97.2 Å². The Morgan fingerprint density at radius 1 is 0.707 bits per heavy atom. The Kier molecular flexibility index (Phi) is 6.62. The smallest absolute Gasteiger partial charge is 0.354 e. The van der Waals surface area contributed by atoms with Gasteiger partial charge in [-0.1, -0.05) is 72.3 Å². The van der Waals surface area contributed by atoms with Gasteiger partial charge in [0.15, 0.2) is 9.84 Å². The fraction of sp³-hybridized carbons (Fsp3) is 0. The van der Waals surface area contributed by atoms with Gasteiger partial charge >= 0.3 is 5.97 Å². The molecular formula is C33H19IrN2O4S-. The van der Waals surface area contributed by atoms with Crippen LogP contribution in [0.4, 0.5) is 0 Å². The maximum absolute atomic E-state index is 12.9. The number of aromatic carboxylic acids is 1. The molecule has 0 spiro atoms. The van der Waals surface area contributed by atoms with Crippen molar-refractivity contribution in [2.24, 2.45) is 0 Å². The quantitative estimate of drug-likeness (QED) is 0.194. The van der Waals surface area contributed by atoms with Crippen LogP contribution in [-0.4, -0.2) is 29.5 Å². The van der Waals surface area contributed by atoms with Crippen LogP contribution < -0.4 is 0 Å². The second-order valence-electron chi connectivity index (χ2n) is 9.44. The second kappa shape index (κ2) is 10.2. The molecule has 0 saturated heterocycles. The number of hydrogen-bond donors (Lipinski definition) is 1. The van der Waals surface area contributed by atoms with E-state index < -0.39 is 15.8 Å². The molecule has 4 aromatic carbocycles. The van der Waals surface area contributed by atoms with Crippen molar-refractivity contribution in [3.63, 3.8) is 0 Å². The molecular weight excluding hydrogens is 713 g/mol. The number of sulfone groups is 1. The Hall–Kier alpha value is -4.49. The van der Waals surface area contributed by atoms with Gasteiger partial charge in [-0.2, -0.15) is 0 Å². The van der Waals surface area contributed by atoms with Crippen LogP contribution >= 0.6 is 0 Å². The van der Waals surface area contributed by atoms with Gasteiger partial charge in [-0.15, -0.1) is 23.8 Å². The van der Waals surface area contributed by atoms with Gasteiger partial charge in [-0.3, -0.25) is 4.98 Å². The standard InChI is InChI=1S/C27H14NO2S.C6H5NO2.Ir/c29-31(30)25-11-4-3-8-19(25)21-14-16(12-13-26(21)31)24-15-22-18-7-2-1-6-17(18)20-9-5-10-23(28-24)27(20)22;8-6(9)5-3-1-2-4-7-5;/h1-11,13-15H;1-4H,(H,8,9);/q-1;;. The molecule has 2 aliphatic rings. The van der Waals surface area contributed by atoms with Crippen LogP contribution in [-0.2, 0) is 29.9 Å². The molecule has 1 N–H and O–H groups in total. The Morgan fingerprint density at radius 3 is 2.10 bits per heavy atom. The van der Waals surface area contributed by atoms with Crippen molar-refractivity contribution in [3.05, 3.63) is 121 Å². The fourth-order valence-corrected chi connectivity index (χ4v) is 7.04. The number of carbonyl (C=O) groups is 1. The summed E-state index contributed by atoms with van der Waals surface area (Å²) in [6.45, 7) is 0. The Labute approximate surface area is 249 Å². The van der Waals surface area contributed by atoms with Crippen molar-refractivity contribution >= 4 is 26.7 Å². The Bertz CT molecular complexity index is 2110. The van der Waals surface area contributed by atoms with Crippen LogP contribution in [0.1, 0.15) is 10.5 Å². The van der Waals surface area contributed by atoms with Crippen LogP contribution in [0, 0.1) is 6.07 Å². The fourth-order valence-electron chi connectivity index (χ4n) is 5.41. The molecule has 1 radical (unpaired) electrons. The van der Waals surface area contributed by atoms with Crippen LogP contribution in [0.5, 0.6) is 0 Å². The van der Waals surface area contributed by atoms with Crippen molar-refractivity contribution in [2.75, 3.05) is 0 Å². The van der Waals surface area contributed by atoms with Crippen LogP contribution in [0.3, 0.4) is 0 Å². The summed E-state index contributed by atoms with van der Waals surface area (Å²) in [7, 11) is -3.49. The number of benzene rings is 4. The summed E-state index contributed by atoms with van der Waals surface area (Å²) >= 11 is 0. The third kappa shape index (κ3) is 4.28. The van der Waals surface area contributed by atoms with E-state index in [0.717, 1.165) is 33.5 Å². The first-order valence-corrected chi connectivity index (χ1v) is 14.0. The molecule has 1 aliphatic heterocycles. The predicted molar refractivity (Wildman–Crippen MR) is 153 cm³/mol. The number of carboxylic acids is 1. The number of pyridine rings is 2. The minimum atomic E-state index is -3.49. The van der Waals surface area contributed by atoms with E-state index >= 15 is 0 Å². The first-order chi connectivity index (χ1) is 19.4. The van der Waals surface area contributed by atoms with Crippen LogP contribution in [0.2, 0.25) is 0 Å². The van der Waals surface area contributed by atoms with Crippen LogP contribution in [0.15, 0.2) is 119 Å². The largest absolute Gasteiger partial charge is 0.477 e.